The molecular formula is C24H40O5. The molecule has 1 N–H and O–H groups in total. The van der Waals surface area contributed by atoms with Crippen molar-refractivity contribution in [3.05, 3.63) is 11.3 Å². The number of aliphatic hydroxyl groups excluding tert-OH is 1. The van der Waals surface area contributed by atoms with Gasteiger partial charge in [-0.15, -0.1) is 0 Å². The molecule has 0 atom stereocenters. The topological polar surface area (TPSA) is 72.8 Å². The number of hydrogen-bond acceptors (Lipinski definition) is 5. The fraction of sp³-hybridized carbons (Fsp3) is 0.833. The van der Waals surface area contributed by atoms with Gasteiger partial charge in [-0.25, -0.2) is 9.59 Å². The molecule has 0 aromatic rings. The van der Waals surface area contributed by atoms with E-state index in [1.54, 1.807) is 0 Å². The summed E-state index contributed by atoms with van der Waals surface area (Å²) in [5.41, 5.74) is -0.304. The number of esters is 2. The molecule has 5 nitrogen and oxygen atoms in total. The monoisotopic (exact) mass is 408 g/mol. The molecule has 1 aliphatic heterocycles. The number of carbonyl (C=O) groups excluding carboxylic acids is 2. The van der Waals surface area contributed by atoms with E-state index in [1.165, 1.54) is 64.2 Å². The lowest BCUT2D eigenvalue weighted by molar-refractivity contribution is -0.233. The predicted molar refractivity (Wildman–Crippen MR) is 113 cm³/mol. The van der Waals surface area contributed by atoms with Crippen molar-refractivity contribution in [2.24, 2.45) is 0 Å². The minimum atomic E-state index is -1.08. The summed E-state index contributed by atoms with van der Waals surface area (Å²) in [6, 6.07) is 0. The van der Waals surface area contributed by atoms with Crippen molar-refractivity contribution in [2.45, 2.75) is 128 Å². The second-order valence-corrected chi connectivity index (χ2v) is 8.71. The Morgan fingerprint density at radius 3 is 1.62 bits per heavy atom. The average Bonchev–Trinajstić information content (AvgIpc) is 3.12. The van der Waals surface area contributed by atoms with Crippen LogP contribution in [0.15, 0.2) is 11.3 Å². The first-order valence-corrected chi connectivity index (χ1v) is 12.0. The highest BCUT2D eigenvalue weighted by Gasteiger charge is 2.49. The molecule has 0 amide bonds. The minimum absolute atomic E-state index is 0.184. The van der Waals surface area contributed by atoms with E-state index in [0.29, 0.717) is 19.3 Å². The van der Waals surface area contributed by atoms with Crippen LogP contribution in [0.2, 0.25) is 0 Å². The van der Waals surface area contributed by atoms with Gasteiger partial charge in [-0.1, -0.05) is 84.0 Å². The van der Waals surface area contributed by atoms with E-state index < -0.39 is 17.7 Å². The summed E-state index contributed by atoms with van der Waals surface area (Å²) in [7, 11) is 0. The van der Waals surface area contributed by atoms with Crippen LogP contribution in [0.1, 0.15) is 122 Å². The molecule has 29 heavy (non-hydrogen) atoms. The fourth-order valence-electron chi connectivity index (χ4n) is 4.33. The highest BCUT2D eigenvalue weighted by atomic mass is 16.7. The molecule has 0 radical (unpaired) electrons. The Morgan fingerprint density at radius 1 is 0.759 bits per heavy atom. The van der Waals surface area contributed by atoms with Crippen LogP contribution in [-0.4, -0.2) is 22.8 Å². The Morgan fingerprint density at radius 2 is 1.17 bits per heavy atom. The van der Waals surface area contributed by atoms with Crippen molar-refractivity contribution < 1.29 is 24.2 Å². The third-order valence-electron chi connectivity index (χ3n) is 6.14. The van der Waals surface area contributed by atoms with Crippen molar-refractivity contribution in [2.75, 3.05) is 0 Å². The molecule has 166 valence electrons. The molecule has 1 aliphatic carbocycles. The van der Waals surface area contributed by atoms with Gasteiger partial charge >= 0.3 is 11.9 Å². The molecule has 0 aromatic heterocycles. The number of hydrogen-bond donors (Lipinski definition) is 1. The smallest absolute Gasteiger partial charge is 0.352 e. The molecule has 1 heterocycles. The van der Waals surface area contributed by atoms with Crippen LogP contribution in [0, 0.1) is 0 Å². The summed E-state index contributed by atoms with van der Waals surface area (Å²) in [5, 5.41) is 10.2. The maximum atomic E-state index is 12.2. The van der Waals surface area contributed by atoms with Gasteiger partial charge in [-0.3, -0.25) is 0 Å². The van der Waals surface area contributed by atoms with Crippen LogP contribution in [-0.2, 0) is 19.1 Å². The van der Waals surface area contributed by atoms with Crippen LogP contribution in [0.5, 0.6) is 0 Å². The Hall–Kier alpha value is -1.52. The number of aliphatic hydroxyl groups is 1. The summed E-state index contributed by atoms with van der Waals surface area (Å²) in [6.07, 6.45) is 19.4. The van der Waals surface area contributed by atoms with Crippen LogP contribution in [0.25, 0.3) is 0 Å². The third-order valence-corrected chi connectivity index (χ3v) is 6.14. The Labute approximate surface area is 176 Å². The minimum Gasteiger partial charge on any atom is -0.511 e. The van der Waals surface area contributed by atoms with Gasteiger partial charge in [0.05, 0.1) is 0 Å². The number of rotatable bonds is 14. The molecular weight excluding hydrogens is 368 g/mol. The Balaban J connectivity index is 1.53. The third kappa shape index (κ3) is 8.02. The van der Waals surface area contributed by atoms with E-state index in [-0.39, 0.29) is 11.3 Å². The molecule has 5 heteroatoms. The molecule has 1 saturated carbocycles. The summed E-state index contributed by atoms with van der Waals surface area (Å²) >= 11 is 0. The molecule has 0 bridgehead atoms. The Kier molecular flexibility index (Phi) is 10.6. The number of carbonyl (C=O) groups is 2. The number of ether oxygens (including phenoxy) is 2. The normalized spacial score (nSPS) is 18.2. The first-order valence-electron chi connectivity index (χ1n) is 12.0. The predicted octanol–water partition coefficient (Wildman–Crippen LogP) is 6.65. The Bertz CT molecular complexity index is 523. The molecule has 1 saturated heterocycles. The van der Waals surface area contributed by atoms with Gasteiger partial charge in [-0.2, -0.15) is 0 Å². The van der Waals surface area contributed by atoms with Gasteiger partial charge in [0.2, 0.25) is 0 Å². The van der Waals surface area contributed by atoms with Crippen molar-refractivity contribution in [3.63, 3.8) is 0 Å². The lowest BCUT2D eigenvalue weighted by Crippen LogP contribution is -2.44. The average molecular weight is 409 g/mol. The van der Waals surface area contributed by atoms with Crippen molar-refractivity contribution in [3.8, 4) is 0 Å². The van der Waals surface area contributed by atoms with Crippen molar-refractivity contribution >= 4 is 11.9 Å². The van der Waals surface area contributed by atoms with E-state index in [9.17, 15) is 14.7 Å². The zero-order chi connectivity index (χ0) is 21.0. The summed E-state index contributed by atoms with van der Waals surface area (Å²) in [6.45, 7) is 2.25. The van der Waals surface area contributed by atoms with Gasteiger partial charge in [0.15, 0.2) is 5.57 Å². The lowest BCUT2D eigenvalue weighted by Gasteiger charge is -2.33. The van der Waals surface area contributed by atoms with E-state index >= 15 is 0 Å². The fourth-order valence-corrected chi connectivity index (χ4v) is 4.33. The number of unbranched alkanes of at least 4 members (excludes halogenated alkanes) is 12. The van der Waals surface area contributed by atoms with Gasteiger partial charge in [-0.05, 0) is 19.3 Å². The van der Waals surface area contributed by atoms with Crippen LogP contribution >= 0.6 is 0 Å². The van der Waals surface area contributed by atoms with E-state index in [4.69, 9.17) is 9.47 Å². The zero-order valence-corrected chi connectivity index (χ0v) is 18.3. The standard InChI is InChI=1S/C24H40O5/c1-2-3-4-5-6-7-8-9-10-11-12-13-14-17-20(25)21-22(26)28-24(29-23(21)27)18-15-16-19-24/h25H,2-19H2,1H3. The van der Waals surface area contributed by atoms with E-state index in [2.05, 4.69) is 6.92 Å². The van der Waals surface area contributed by atoms with E-state index in [1.807, 2.05) is 0 Å². The second-order valence-electron chi connectivity index (χ2n) is 8.71. The van der Waals surface area contributed by atoms with Crippen molar-refractivity contribution in [1.82, 2.24) is 0 Å². The second kappa shape index (κ2) is 12.9. The maximum Gasteiger partial charge on any atom is 0.352 e. The van der Waals surface area contributed by atoms with Crippen molar-refractivity contribution in [1.29, 1.82) is 0 Å². The quantitative estimate of drug-likeness (QED) is 0.114. The molecule has 1 spiro atoms. The molecule has 2 fully saturated rings. The summed E-state index contributed by atoms with van der Waals surface area (Å²) in [5.74, 6) is -2.71. The summed E-state index contributed by atoms with van der Waals surface area (Å²) < 4.78 is 10.7. The largest absolute Gasteiger partial charge is 0.511 e. The molecule has 0 aromatic carbocycles. The molecule has 2 rings (SSSR count). The van der Waals surface area contributed by atoms with Gasteiger partial charge in [0.25, 0.3) is 5.79 Å². The van der Waals surface area contributed by atoms with Gasteiger partial charge < -0.3 is 14.6 Å². The lowest BCUT2D eigenvalue weighted by atomic mass is 10.0. The maximum absolute atomic E-state index is 12.2. The van der Waals surface area contributed by atoms with Gasteiger partial charge in [0, 0.05) is 19.3 Å². The van der Waals surface area contributed by atoms with E-state index in [0.717, 1.165) is 32.1 Å². The molecule has 0 unspecified atom stereocenters. The zero-order valence-electron chi connectivity index (χ0n) is 18.3. The highest BCUT2D eigenvalue weighted by molar-refractivity contribution is 6.15. The van der Waals surface area contributed by atoms with Crippen LogP contribution in [0.3, 0.4) is 0 Å². The SMILES string of the molecule is CCCCCCCCCCCCCCCC(O)=C1C(=O)OC2(CCCC2)OC1=O. The molecule has 2 aliphatic rings. The first-order chi connectivity index (χ1) is 14.1. The van der Waals surface area contributed by atoms with Gasteiger partial charge in [0.1, 0.15) is 5.76 Å². The highest BCUT2D eigenvalue weighted by Crippen LogP contribution is 2.39. The summed E-state index contributed by atoms with van der Waals surface area (Å²) in [4.78, 5) is 24.4. The van der Waals surface area contributed by atoms with Crippen LogP contribution in [0.4, 0.5) is 0 Å². The van der Waals surface area contributed by atoms with Crippen LogP contribution < -0.4 is 0 Å². The number of allylic oxidation sites excluding steroid dienone is 1. The first kappa shape index (κ1) is 23.8.